The third kappa shape index (κ3) is 4.85. The maximum absolute atomic E-state index is 11.1. The Labute approximate surface area is 99.8 Å². The third-order valence-corrected chi connectivity index (χ3v) is 2.47. The summed E-state index contributed by atoms with van der Waals surface area (Å²) in [6.45, 7) is 9.14. The van der Waals surface area contributed by atoms with Gasteiger partial charge in [0.05, 0.1) is 0 Å². The number of hydrogen-bond donors (Lipinski definition) is 0. The van der Waals surface area contributed by atoms with Crippen LogP contribution in [0.25, 0.3) is 0 Å². The predicted octanol–water partition coefficient (Wildman–Crippen LogP) is 1.45. The molecule has 0 heterocycles. The zero-order valence-corrected chi connectivity index (χ0v) is 11.8. The van der Waals surface area contributed by atoms with Crippen LogP contribution in [0.4, 0.5) is 0 Å². The van der Waals surface area contributed by atoms with E-state index in [-0.39, 0.29) is 5.97 Å². The first-order chi connectivity index (χ1) is 7.11. The molecule has 1 unspecified atom stereocenters. The van der Waals surface area contributed by atoms with Crippen LogP contribution in [0.1, 0.15) is 20.8 Å². The predicted molar refractivity (Wildman–Crippen MR) is 66.4 cm³/mol. The van der Waals surface area contributed by atoms with Crippen LogP contribution in [0, 0.1) is 0 Å². The standard InChI is InChI=1S/C10H11AsO2.C2H6/c1-7(2)10(12)13-9-6-4-3-5-8(9)11;1-2/h3-6H,1,11H2,2H3;1-2H3. The van der Waals surface area contributed by atoms with Crippen molar-refractivity contribution in [1.82, 2.24) is 0 Å². The number of carbonyl (C=O) groups is 1. The molecule has 0 saturated heterocycles. The molecule has 0 aliphatic carbocycles. The van der Waals surface area contributed by atoms with Crippen LogP contribution >= 0.6 is 0 Å². The second kappa shape index (κ2) is 7.30. The van der Waals surface area contributed by atoms with Gasteiger partial charge in [-0.15, -0.1) is 0 Å². The minimum Gasteiger partial charge on any atom is -0.0683 e. The maximum Gasteiger partial charge on any atom is -0.0683 e. The molecule has 15 heavy (non-hydrogen) atoms. The largest absolute Gasteiger partial charge is 0.0683 e. The fourth-order valence-electron chi connectivity index (χ4n) is 0.760. The number of benzene rings is 1. The monoisotopic (exact) mass is 268 g/mol. The van der Waals surface area contributed by atoms with Crippen molar-refractivity contribution in [1.29, 1.82) is 0 Å². The Hall–Kier alpha value is -1.01. The van der Waals surface area contributed by atoms with Crippen LogP contribution in [0.5, 0.6) is 5.75 Å². The van der Waals surface area contributed by atoms with Crippen molar-refractivity contribution in [2.75, 3.05) is 0 Å². The van der Waals surface area contributed by atoms with Gasteiger partial charge < -0.3 is 0 Å². The van der Waals surface area contributed by atoms with Crippen LogP contribution in [0.3, 0.4) is 0 Å². The first kappa shape index (κ1) is 14.0. The number of ether oxygens (including phenoxy) is 1. The number of para-hydroxylation sites is 1. The van der Waals surface area contributed by atoms with E-state index in [0.29, 0.717) is 11.3 Å². The van der Waals surface area contributed by atoms with Gasteiger partial charge in [-0.3, -0.25) is 0 Å². The van der Waals surface area contributed by atoms with Crippen LogP contribution < -0.4 is 9.09 Å². The molecule has 1 rings (SSSR count). The molecule has 0 aliphatic heterocycles. The normalized spacial score (nSPS) is 8.53. The average Bonchev–Trinajstić information content (AvgIpc) is 2.24. The van der Waals surface area contributed by atoms with Gasteiger partial charge >= 0.3 is 85.8 Å². The van der Waals surface area contributed by atoms with Gasteiger partial charge in [0.2, 0.25) is 0 Å². The van der Waals surface area contributed by atoms with Crippen molar-refractivity contribution in [2.24, 2.45) is 0 Å². The van der Waals surface area contributed by atoms with Gasteiger partial charge in [-0.05, 0) is 0 Å². The summed E-state index contributed by atoms with van der Waals surface area (Å²) in [5.74, 6) is 0.251. The fourth-order valence-corrected chi connectivity index (χ4v) is 1.32. The fraction of sp³-hybridized carbons (Fsp3) is 0.250. The van der Waals surface area contributed by atoms with Gasteiger partial charge in [0.1, 0.15) is 0 Å². The van der Waals surface area contributed by atoms with Crippen molar-refractivity contribution in [3.8, 4) is 5.75 Å². The quantitative estimate of drug-likeness (QED) is 0.351. The maximum atomic E-state index is 11.1. The number of esters is 1. The van der Waals surface area contributed by atoms with Crippen LogP contribution in [-0.2, 0) is 4.79 Å². The van der Waals surface area contributed by atoms with Crippen molar-refractivity contribution in [3.05, 3.63) is 36.4 Å². The summed E-state index contributed by atoms with van der Waals surface area (Å²) in [4.78, 5) is 11.1. The SMILES string of the molecule is C=C(C)C(=O)Oc1ccccc1[AsH2].CC. The van der Waals surface area contributed by atoms with Crippen LogP contribution in [-0.4, -0.2) is 22.8 Å². The summed E-state index contributed by atoms with van der Waals surface area (Å²) >= 11 is 1.43. The van der Waals surface area contributed by atoms with Gasteiger partial charge in [-0.2, -0.15) is 0 Å². The summed E-state index contributed by atoms with van der Waals surface area (Å²) in [6.07, 6.45) is 0. The molecule has 0 N–H and O–H groups in total. The van der Waals surface area contributed by atoms with Crippen molar-refractivity contribution in [2.45, 2.75) is 20.8 Å². The molecule has 0 bridgehead atoms. The van der Waals surface area contributed by atoms with Gasteiger partial charge in [-0.25, -0.2) is 0 Å². The van der Waals surface area contributed by atoms with E-state index in [1.807, 2.05) is 32.0 Å². The number of carbonyl (C=O) groups excluding carboxylic acids is 1. The molecule has 0 fully saturated rings. The van der Waals surface area contributed by atoms with E-state index in [4.69, 9.17) is 4.74 Å². The smallest absolute Gasteiger partial charge is 0.0683 e. The molecule has 0 aliphatic rings. The Morgan fingerprint density at radius 1 is 1.33 bits per heavy atom. The van der Waals surface area contributed by atoms with E-state index in [0.717, 1.165) is 4.35 Å². The minimum atomic E-state index is -0.370. The Morgan fingerprint density at radius 2 is 1.87 bits per heavy atom. The topological polar surface area (TPSA) is 26.3 Å². The molecule has 1 aromatic rings. The Kier molecular flexibility index (Phi) is 6.81. The first-order valence-corrected chi connectivity index (χ1v) is 6.04. The molecule has 0 amide bonds. The molecule has 82 valence electrons. The van der Waals surface area contributed by atoms with Gasteiger partial charge in [0.15, 0.2) is 0 Å². The van der Waals surface area contributed by atoms with Gasteiger partial charge in [0, 0.05) is 0 Å². The van der Waals surface area contributed by atoms with E-state index in [1.54, 1.807) is 13.0 Å². The van der Waals surface area contributed by atoms with Crippen molar-refractivity contribution >= 4 is 27.2 Å². The molecule has 1 atom stereocenters. The van der Waals surface area contributed by atoms with Crippen molar-refractivity contribution < 1.29 is 9.53 Å². The molecular formula is C12H17AsO2. The van der Waals surface area contributed by atoms with Crippen molar-refractivity contribution in [3.63, 3.8) is 0 Å². The van der Waals surface area contributed by atoms with Crippen LogP contribution in [0.15, 0.2) is 36.4 Å². The summed E-state index contributed by atoms with van der Waals surface area (Å²) in [5.41, 5.74) is 0.413. The van der Waals surface area contributed by atoms with E-state index < -0.39 is 0 Å². The molecule has 0 spiro atoms. The third-order valence-electron chi connectivity index (χ3n) is 1.47. The summed E-state index contributed by atoms with van der Waals surface area (Å²) in [6, 6.07) is 7.44. The van der Waals surface area contributed by atoms with E-state index in [1.165, 1.54) is 16.9 Å². The van der Waals surface area contributed by atoms with Gasteiger partial charge in [-0.1, -0.05) is 13.8 Å². The zero-order valence-electron chi connectivity index (χ0n) is 9.41. The molecule has 0 saturated carbocycles. The molecule has 0 radical (unpaired) electrons. The molecule has 3 heteroatoms. The molecule has 1 aromatic carbocycles. The minimum absolute atomic E-state index is 0.370. The van der Waals surface area contributed by atoms with Gasteiger partial charge in [0.25, 0.3) is 0 Å². The Bertz CT molecular complexity index is 345. The zero-order chi connectivity index (χ0) is 11.8. The van der Waals surface area contributed by atoms with E-state index in [9.17, 15) is 4.79 Å². The Balaban J connectivity index is 0.000000921. The van der Waals surface area contributed by atoms with E-state index >= 15 is 0 Å². The van der Waals surface area contributed by atoms with E-state index in [2.05, 4.69) is 6.58 Å². The Morgan fingerprint density at radius 3 is 2.33 bits per heavy atom. The van der Waals surface area contributed by atoms with Crippen LogP contribution in [0.2, 0.25) is 0 Å². The molecule has 0 aromatic heterocycles. The summed E-state index contributed by atoms with van der Waals surface area (Å²) in [5, 5.41) is 0. The number of rotatable bonds is 2. The molecular weight excluding hydrogens is 251 g/mol. The average molecular weight is 268 g/mol. The first-order valence-electron chi connectivity index (χ1n) is 4.83. The second-order valence-electron chi connectivity index (χ2n) is 2.71. The second-order valence-corrected chi connectivity index (χ2v) is 4.01. The summed E-state index contributed by atoms with van der Waals surface area (Å²) < 4.78 is 6.09. The summed E-state index contributed by atoms with van der Waals surface area (Å²) in [7, 11) is 0. The number of hydrogen-bond acceptors (Lipinski definition) is 2. The molecule has 2 nitrogen and oxygen atoms in total.